The molecule has 0 spiro atoms. The van der Waals surface area contributed by atoms with E-state index in [2.05, 4.69) is 409 Å². The standard InChI is InChI=1S/C94H72N8/c1-93(2)83-61-75(97(65-29-13-5-14-30-65)66-31-15-6-16-32-66)47-53-87(83)101(88-54-48-76(62-84(88)93)98(67-33-17-7-18-34-67)68-35-19-8-20-36-68)73-45-51-79-81(59-73)82-60-74(46-52-80(82)92-91(79)95-57-58-96-92)102-89-55-49-77(99(69-37-21-9-22-38-69)70-39-23-10-24-40-70)63-85(89)94(3,4)86-64-78(50-56-90(86)102)100(71-41-25-11-26-42-71)72-43-27-12-28-44-72/h5-64H,1-4H3. The molecule has 0 aliphatic carbocycles. The fourth-order valence-electron chi connectivity index (χ4n) is 15.9. The van der Waals surface area contributed by atoms with Crippen molar-refractivity contribution >= 4 is 135 Å². The lowest BCUT2D eigenvalue weighted by atomic mass is 9.73. The predicted octanol–water partition coefficient (Wildman–Crippen LogP) is 26.0. The molecule has 0 radical (unpaired) electrons. The molecule has 0 bridgehead atoms. The van der Waals surface area contributed by atoms with Crippen molar-refractivity contribution in [3.05, 3.63) is 386 Å². The highest BCUT2D eigenvalue weighted by atomic mass is 15.2. The summed E-state index contributed by atoms with van der Waals surface area (Å²) in [5.41, 5.74) is 25.0. The van der Waals surface area contributed by atoms with Crippen LogP contribution in [0.3, 0.4) is 0 Å². The number of aromatic nitrogens is 2. The van der Waals surface area contributed by atoms with E-state index in [0.29, 0.717) is 0 Å². The van der Waals surface area contributed by atoms with Crippen molar-refractivity contribution in [1.82, 2.24) is 9.97 Å². The first-order valence-corrected chi connectivity index (χ1v) is 35.0. The molecular formula is C94H72N8. The zero-order valence-electron chi connectivity index (χ0n) is 57.2. The Morgan fingerprint density at radius 3 is 0.647 bits per heavy atom. The molecule has 0 atom stereocenters. The van der Waals surface area contributed by atoms with Gasteiger partial charge in [-0.25, -0.2) is 0 Å². The Hall–Kier alpha value is -13.0. The molecular weight excluding hydrogens is 1240 g/mol. The Morgan fingerprint density at radius 2 is 0.431 bits per heavy atom. The molecule has 0 fully saturated rings. The van der Waals surface area contributed by atoms with Crippen LogP contribution in [-0.2, 0) is 10.8 Å². The van der Waals surface area contributed by atoms with Crippen molar-refractivity contribution in [2.24, 2.45) is 0 Å². The van der Waals surface area contributed by atoms with E-state index < -0.39 is 10.8 Å². The molecule has 18 rings (SSSR count). The minimum atomic E-state index is -0.491. The maximum absolute atomic E-state index is 5.16. The Balaban J connectivity index is 0.857. The summed E-state index contributed by atoms with van der Waals surface area (Å²) in [6, 6.07) is 128. The number of hydrogen-bond acceptors (Lipinski definition) is 8. The smallest absolute Gasteiger partial charge is 0.0971 e. The van der Waals surface area contributed by atoms with Gasteiger partial charge in [-0.15, -0.1) is 0 Å². The summed E-state index contributed by atoms with van der Waals surface area (Å²) in [4.78, 5) is 24.8. The number of benzene rings is 15. The third-order valence-corrected chi connectivity index (χ3v) is 20.7. The molecule has 0 amide bonds. The number of anilines is 18. The first kappa shape index (κ1) is 61.3. The highest BCUT2D eigenvalue weighted by Crippen LogP contribution is 2.58. The lowest BCUT2D eigenvalue weighted by Crippen LogP contribution is -2.31. The average molecular weight is 1310 g/mol. The van der Waals surface area contributed by atoms with E-state index in [1.165, 1.54) is 22.3 Å². The third kappa shape index (κ3) is 10.5. The van der Waals surface area contributed by atoms with Gasteiger partial charge in [0.1, 0.15) is 0 Å². The van der Waals surface area contributed by atoms with Crippen LogP contribution in [0.25, 0.3) is 32.6 Å². The molecule has 16 aromatic rings. The first-order valence-electron chi connectivity index (χ1n) is 35.0. The molecule has 0 N–H and O–H groups in total. The van der Waals surface area contributed by atoms with E-state index in [1.807, 2.05) is 12.4 Å². The zero-order chi connectivity index (χ0) is 68.5. The van der Waals surface area contributed by atoms with Gasteiger partial charge in [0.15, 0.2) is 0 Å². The number of rotatable bonds is 14. The summed E-state index contributed by atoms with van der Waals surface area (Å²) >= 11 is 0. The molecule has 8 heteroatoms. The van der Waals surface area contributed by atoms with Crippen molar-refractivity contribution in [3.8, 4) is 0 Å². The second kappa shape index (κ2) is 25.0. The highest BCUT2D eigenvalue weighted by molar-refractivity contribution is 6.24. The quantitative estimate of drug-likeness (QED) is 0.0998. The van der Waals surface area contributed by atoms with Crippen LogP contribution in [-0.4, -0.2) is 9.97 Å². The van der Waals surface area contributed by atoms with E-state index in [1.54, 1.807) is 0 Å². The Kier molecular flexibility index (Phi) is 15.1. The van der Waals surface area contributed by atoms with Gasteiger partial charge in [0.05, 0.1) is 33.8 Å². The fraction of sp³-hybridized carbons (Fsp3) is 0.0638. The molecule has 0 saturated heterocycles. The van der Waals surface area contributed by atoms with E-state index >= 15 is 0 Å². The van der Waals surface area contributed by atoms with Crippen molar-refractivity contribution in [3.63, 3.8) is 0 Å². The summed E-state index contributed by atoms with van der Waals surface area (Å²) < 4.78 is 0. The molecule has 2 aliphatic heterocycles. The van der Waals surface area contributed by atoms with Crippen LogP contribution in [0.15, 0.2) is 364 Å². The second-order valence-electron chi connectivity index (χ2n) is 27.5. The third-order valence-electron chi connectivity index (χ3n) is 20.7. The molecule has 0 saturated carbocycles. The minimum absolute atomic E-state index is 0.491. The SMILES string of the molecule is CC1(C)c2cc(N(c3ccccc3)c3ccccc3)ccc2N(c2ccc3c(c2)c2cc(N4c5ccc(N(c6ccccc6)c6ccccc6)cc5C(C)(C)c5cc(N(c6ccccc6)c6ccccc6)ccc54)ccc2c2nccnc32)c2ccc(N(c3ccccc3)c3ccccc3)cc21. The van der Waals surface area contributed by atoms with Gasteiger partial charge in [-0.1, -0.05) is 185 Å². The van der Waals surface area contributed by atoms with Gasteiger partial charge in [0.2, 0.25) is 0 Å². The number of nitrogens with zero attached hydrogens (tertiary/aromatic N) is 8. The largest absolute Gasteiger partial charge is 0.310 e. The molecule has 2 aliphatic rings. The van der Waals surface area contributed by atoms with Crippen LogP contribution < -0.4 is 29.4 Å². The average Bonchev–Trinajstić information content (AvgIpc) is 0.715. The molecule has 102 heavy (non-hydrogen) atoms. The van der Waals surface area contributed by atoms with Crippen molar-refractivity contribution < 1.29 is 0 Å². The molecule has 8 nitrogen and oxygen atoms in total. The molecule has 15 aromatic carbocycles. The normalized spacial score (nSPS) is 13.2. The van der Waals surface area contributed by atoms with E-state index in [9.17, 15) is 0 Å². The van der Waals surface area contributed by atoms with Crippen molar-refractivity contribution in [2.75, 3.05) is 29.4 Å². The Labute approximate surface area is 595 Å². The highest BCUT2D eigenvalue weighted by Gasteiger charge is 2.41. The van der Waals surface area contributed by atoms with Gasteiger partial charge >= 0.3 is 0 Å². The lowest BCUT2D eigenvalue weighted by Gasteiger charge is -2.43. The van der Waals surface area contributed by atoms with E-state index in [4.69, 9.17) is 9.97 Å². The van der Waals surface area contributed by atoms with Crippen LogP contribution in [0.4, 0.5) is 102 Å². The van der Waals surface area contributed by atoms with Crippen LogP contribution in [0.1, 0.15) is 49.9 Å². The summed E-state index contributed by atoms with van der Waals surface area (Å²) in [5.74, 6) is 0. The second-order valence-corrected chi connectivity index (χ2v) is 27.5. The first-order chi connectivity index (χ1) is 50.1. The van der Waals surface area contributed by atoms with Crippen LogP contribution in [0.5, 0.6) is 0 Å². The number of para-hydroxylation sites is 8. The van der Waals surface area contributed by atoms with Crippen LogP contribution in [0.2, 0.25) is 0 Å². The minimum Gasteiger partial charge on any atom is -0.310 e. The summed E-state index contributed by atoms with van der Waals surface area (Å²) in [7, 11) is 0. The summed E-state index contributed by atoms with van der Waals surface area (Å²) in [5, 5.41) is 4.19. The Bertz CT molecular complexity index is 4990. The van der Waals surface area contributed by atoms with Crippen LogP contribution >= 0.6 is 0 Å². The Morgan fingerprint density at radius 1 is 0.216 bits per heavy atom. The maximum atomic E-state index is 5.16. The van der Waals surface area contributed by atoms with Gasteiger partial charge < -0.3 is 29.4 Å². The number of fused-ring (bicyclic) bond motifs is 10. The van der Waals surface area contributed by atoms with E-state index in [-0.39, 0.29) is 0 Å². The van der Waals surface area contributed by atoms with Gasteiger partial charge in [-0.3, -0.25) is 9.97 Å². The van der Waals surface area contributed by atoms with Gasteiger partial charge in [0.25, 0.3) is 0 Å². The van der Waals surface area contributed by atoms with Gasteiger partial charge in [-0.2, -0.15) is 0 Å². The molecule has 488 valence electrons. The fourth-order valence-corrected chi connectivity index (χ4v) is 15.9. The lowest BCUT2D eigenvalue weighted by molar-refractivity contribution is 0.632. The number of hydrogen-bond donors (Lipinski definition) is 0. The van der Waals surface area contributed by atoms with Crippen molar-refractivity contribution in [1.29, 1.82) is 0 Å². The summed E-state index contributed by atoms with van der Waals surface area (Å²) in [6.07, 6.45) is 3.65. The zero-order valence-corrected chi connectivity index (χ0v) is 57.2. The van der Waals surface area contributed by atoms with Crippen molar-refractivity contribution in [2.45, 2.75) is 38.5 Å². The topological polar surface area (TPSA) is 45.2 Å². The summed E-state index contributed by atoms with van der Waals surface area (Å²) in [6.45, 7) is 9.58. The predicted molar refractivity (Wildman–Crippen MR) is 427 cm³/mol. The maximum Gasteiger partial charge on any atom is 0.0971 e. The van der Waals surface area contributed by atoms with Gasteiger partial charge in [0, 0.05) is 114 Å². The molecule has 1 aromatic heterocycles. The monoisotopic (exact) mass is 1310 g/mol. The molecule has 0 unspecified atom stereocenters. The molecule has 3 heterocycles. The van der Waals surface area contributed by atoms with E-state index in [0.717, 1.165) is 135 Å². The van der Waals surface area contributed by atoms with Crippen LogP contribution in [0, 0.1) is 0 Å². The van der Waals surface area contributed by atoms with Gasteiger partial charge in [-0.05, 0) is 227 Å².